The first-order valence-electron chi connectivity index (χ1n) is 11.9. The molecule has 0 radical (unpaired) electrons. The minimum absolute atomic E-state index is 0.0792. The lowest BCUT2D eigenvalue weighted by Gasteiger charge is -2.33. The van der Waals surface area contributed by atoms with Crippen LogP contribution in [0.15, 0.2) is 29.6 Å². The number of hydrogen-bond acceptors (Lipinski definition) is 7. The molecule has 0 aromatic heterocycles. The number of hydrogen-bond donors (Lipinski definition) is 0. The number of amides is 1. The van der Waals surface area contributed by atoms with E-state index in [1.165, 1.54) is 11.1 Å². The molecule has 2 aromatic carbocycles. The molecule has 0 saturated heterocycles. The number of ether oxygens (including phenoxy) is 4. The molecule has 9 nitrogen and oxygen atoms in total. The SMILES string of the molecule is COc1cc2c(cc1OC)CC(=O)N(CCCN(C[C@H]1Cc3cc(OC)c(OC)cc31)N=O)CC2. The summed E-state index contributed by atoms with van der Waals surface area (Å²) in [6, 6.07) is 7.85. The van der Waals surface area contributed by atoms with Gasteiger partial charge in [0.15, 0.2) is 23.0 Å². The van der Waals surface area contributed by atoms with Crippen molar-refractivity contribution in [1.29, 1.82) is 0 Å². The number of methoxy groups -OCH3 is 4. The summed E-state index contributed by atoms with van der Waals surface area (Å²) in [7, 11) is 6.45. The second-order valence-corrected chi connectivity index (χ2v) is 8.94. The van der Waals surface area contributed by atoms with Crippen molar-refractivity contribution in [3.63, 3.8) is 0 Å². The zero-order valence-corrected chi connectivity index (χ0v) is 20.8. The molecule has 4 rings (SSSR count). The van der Waals surface area contributed by atoms with E-state index in [1.54, 1.807) is 33.4 Å². The van der Waals surface area contributed by atoms with Gasteiger partial charge in [-0.1, -0.05) is 0 Å². The van der Waals surface area contributed by atoms with E-state index in [0.717, 1.165) is 29.7 Å². The van der Waals surface area contributed by atoms with Crippen molar-refractivity contribution >= 4 is 5.91 Å². The molecule has 0 fully saturated rings. The van der Waals surface area contributed by atoms with Gasteiger partial charge in [-0.25, -0.2) is 0 Å². The summed E-state index contributed by atoms with van der Waals surface area (Å²) in [5, 5.41) is 4.81. The molecule has 1 atom stereocenters. The Hall–Kier alpha value is -3.49. The minimum Gasteiger partial charge on any atom is -0.493 e. The van der Waals surface area contributed by atoms with Gasteiger partial charge in [0.2, 0.25) is 5.91 Å². The Bertz CT molecular complexity index is 1090. The second kappa shape index (κ2) is 10.8. The van der Waals surface area contributed by atoms with Crippen LogP contribution in [0.1, 0.15) is 34.6 Å². The molecular formula is C26H33N3O6. The number of rotatable bonds is 11. The second-order valence-electron chi connectivity index (χ2n) is 8.94. The molecule has 0 spiro atoms. The van der Waals surface area contributed by atoms with Crippen molar-refractivity contribution in [2.24, 2.45) is 5.29 Å². The smallest absolute Gasteiger partial charge is 0.227 e. The average Bonchev–Trinajstić information content (AvgIpc) is 3.02. The lowest BCUT2D eigenvalue weighted by Crippen LogP contribution is -2.36. The van der Waals surface area contributed by atoms with Gasteiger partial charge in [0, 0.05) is 32.1 Å². The quantitative estimate of drug-likeness (QED) is 0.358. The summed E-state index contributed by atoms with van der Waals surface area (Å²) in [6.07, 6.45) is 2.63. The van der Waals surface area contributed by atoms with Crippen LogP contribution < -0.4 is 18.9 Å². The molecule has 2 aliphatic rings. The molecule has 1 aliphatic heterocycles. The lowest BCUT2D eigenvalue weighted by atomic mass is 9.77. The zero-order chi connectivity index (χ0) is 24.9. The molecule has 0 saturated carbocycles. The van der Waals surface area contributed by atoms with Crippen LogP contribution in [-0.2, 0) is 24.1 Å². The Morgan fingerprint density at radius 1 is 0.914 bits per heavy atom. The number of carbonyl (C=O) groups excluding carboxylic acids is 1. The molecule has 2 aromatic rings. The minimum atomic E-state index is 0.0792. The molecule has 1 aliphatic carbocycles. The third kappa shape index (κ3) is 5.13. The van der Waals surface area contributed by atoms with Crippen molar-refractivity contribution in [1.82, 2.24) is 9.91 Å². The first-order valence-corrected chi connectivity index (χ1v) is 11.9. The van der Waals surface area contributed by atoms with Crippen LogP contribution in [-0.4, -0.2) is 70.4 Å². The van der Waals surface area contributed by atoms with Crippen molar-refractivity contribution < 1.29 is 23.7 Å². The highest BCUT2D eigenvalue weighted by Crippen LogP contribution is 2.42. The highest BCUT2D eigenvalue weighted by Gasteiger charge is 2.30. The fourth-order valence-electron chi connectivity index (χ4n) is 5.02. The molecule has 0 N–H and O–H groups in total. The largest absolute Gasteiger partial charge is 0.493 e. The van der Waals surface area contributed by atoms with Gasteiger partial charge in [-0.05, 0) is 65.8 Å². The Labute approximate surface area is 205 Å². The van der Waals surface area contributed by atoms with Gasteiger partial charge in [-0.2, -0.15) is 0 Å². The normalized spacial score (nSPS) is 16.4. The molecule has 1 heterocycles. The summed E-state index contributed by atoms with van der Waals surface area (Å²) in [5.74, 6) is 3.02. The number of benzene rings is 2. The van der Waals surface area contributed by atoms with Crippen LogP contribution in [0.3, 0.4) is 0 Å². The monoisotopic (exact) mass is 483 g/mol. The molecule has 188 valence electrons. The van der Waals surface area contributed by atoms with Crippen LogP contribution in [0.5, 0.6) is 23.0 Å². The summed E-state index contributed by atoms with van der Waals surface area (Å²) >= 11 is 0. The van der Waals surface area contributed by atoms with E-state index < -0.39 is 0 Å². The van der Waals surface area contributed by atoms with E-state index in [1.807, 2.05) is 29.2 Å². The molecule has 0 unspecified atom stereocenters. The molecule has 35 heavy (non-hydrogen) atoms. The van der Waals surface area contributed by atoms with Crippen LogP contribution in [0, 0.1) is 4.91 Å². The van der Waals surface area contributed by atoms with Gasteiger partial charge in [0.25, 0.3) is 0 Å². The van der Waals surface area contributed by atoms with Gasteiger partial charge in [-0.15, -0.1) is 4.91 Å². The molecule has 9 heteroatoms. The number of carbonyl (C=O) groups is 1. The average molecular weight is 484 g/mol. The predicted molar refractivity (Wildman–Crippen MR) is 132 cm³/mol. The lowest BCUT2D eigenvalue weighted by molar-refractivity contribution is -0.130. The summed E-state index contributed by atoms with van der Waals surface area (Å²) < 4.78 is 21.6. The first-order chi connectivity index (χ1) is 17.0. The van der Waals surface area contributed by atoms with Crippen LogP contribution >= 0.6 is 0 Å². The summed E-state index contributed by atoms with van der Waals surface area (Å²) in [4.78, 5) is 26.3. The first kappa shape index (κ1) is 24.6. The van der Waals surface area contributed by atoms with Crippen molar-refractivity contribution in [3.05, 3.63) is 51.4 Å². The van der Waals surface area contributed by atoms with E-state index in [2.05, 4.69) is 5.29 Å². The van der Waals surface area contributed by atoms with Gasteiger partial charge in [-0.3, -0.25) is 9.80 Å². The molecular weight excluding hydrogens is 450 g/mol. The Morgan fingerprint density at radius 2 is 1.51 bits per heavy atom. The topological polar surface area (TPSA) is 89.9 Å². The Morgan fingerprint density at radius 3 is 2.14 bits per heavy atom. The maximum absolute atomic E-state index is 12.9. The van der Waals surface area contributed by atoms with Crippen LogP contribution in [0.2, 0.25) is 0 Å². The highest BCUT2D eigenvalue weighted by molar-refractivity contribution is 5.80. The third-order valence-corrected chi connectivity index (χ3v) is 6.99. The van der Waals surface area contributed by atoms with E-state index in [0.29, 0.717) is 56.3 Å². The zero-order valence-electron chi connectivity index (χ0n) is 20.8. The Balaban J connectivity index is 1.31. The summed E-state index contributed by atoms with van der Waals surface area (Å²) in [5.41, 5.74) is 4.46. The maximum Gasteiger partial charge on any atom is 0.227 e. The van der Waals surface area contributed by atoms with Crippen molar-refractivity contribution in [2.45, 2.75) is 31.6 Å². The van der Waals surface area contributed by atoms with Crippen LogP contribution in [0.25, 0.3) is 0 Å². The maximum atomic E-state index is 12.9. The molecule has 0 bridgehead atoms. The van der Waals surface area contributed by atoms with Crippen molar-refractivity contribution in [3.8, 4) is 23.0 Å². The fourth-order valence-corrected chi connectivity index (χ4v) is 5.02. The fraction of sp³-hybridized carbons (Fsp3) is 0.500. The standard InChI is InChI=1S/C26H33N3O6/c1-32-22-11-17-6-9-28(26(30)14-18(17)12-23(22)33-2)7-5-8-29(27-31)16-20-10-19-13-24(34-3)25(35-4)15-21(19)20/h11-13,15,20H,5-10,14,16H2,1-4H3/t20-/m1/s1. The third-order valence-electron chi connectivity index (χ3n) is 6.99. The van der Waals surface area contributed by atoms with Crippen molar-refractivity contribution in [2.75, 3.05) is 54.6 Å². The number of nitroso groups, excluding NO2 is 1. The number of nitrogens with zero attached hydrogens (tertiary/aromatic N) is 3. The van der Waals surface area contributed by atoms with Crippen LogP contribution in [0.4, 0.5) is 0 Å². The number of fused-ring (bicyclic) bond motifs is 2. The van der Waals surface area contributed by atoms with Gasteiger partial charge >= 0.3 is 0 Å². The highest BCUT2D eigenvalue weighted by atomic mass is 16.5. The van der Waals surface area contributed by atoms with Gasteiger partial charge in [0.05, 0.1) is 40.1 Å². The van der Waals surface area contributed by atoms with E-state index >= 15 is 0 Å². The van der Waals surface area contributed by atoms with E-state index in [-0.39, 0.29) is 11.8 Å². The van der Waals surface area contributed by atoms with Gasteiger partial charge < -0.3 is 23.8 Å². The molecule has 1 amide bonds. The van der Waals surface area contributed by atoms with E-state index in [9.17, 15) is 9.70 Å². The Kier molecular flexibility index (Phi) is 7.63. The predicted octanol–water partition coefficient (Wildman–Crippen LogP) is 3.36. The van der Waals surface area contributed by atoms with E-state index in [4.69, 9.17) is 18.9 Å². The summed E-state index contributed by atoms with van der Waals surface area (Å²) in [6.45, 7) is 2.26. The van der Waals surface area contributed by atoms with Gasteiger partial charge in [0.1, 0.15) is 0 Å².